The fourth-order valence-corrected chi connectivity index (χ4v) is 3.44. The lowest BCUT2D eigenvalue weighted by atomic mass is 9.99. The number of fused-ring (bicyclic) bond motifs is 2. The predicted octanol–water partition coefficient (Wildman–Crippen LogP) is 1.01. The number of nitrogens with zero attached hydrogens (tertiary/aromatic N) is 5. The molecule has 2 aliphatic rings. The lowest BCUT2D eigenvalue weighted by Crippen LogP contribution is -2.33. The summed E-state index contributed by atoms with van der Waals surface area (Å²) in [5, 5.41) is 11.3. The van der Waals surface area contributed by atoms with Crippen LogP contribution in [0.15, 0.2) is 0 Å². The maximum atomic E-state index is 13.0. The molecule has 7 nitrogen and oxygen atoms in total. The molecule has 10 heteroatoms. The highest BCUT2D eigenvalue weighted by atomic mass is 19.4. The first kappa shape index (κ1) is 16.2. The Balaban J connectivity index is 1.61. The van der Waals surface area contributed by atoms with E-state index in [4.69, 9.17) is 5.73 Å². The van der Waals surface area contributed by atoms with Gasteiger partial charge in [-0.15, -0.1) is 10.2 Å². The zero-order valence-electron chi connectivity index (χ0n) is 13.5. The average molecular weight is 353 g/mol. The summed E-state index contributed by atoms with van der Waals surface area (Å²) in [4.78, 5) is 8.82. The SMILES string of the molecule is Nc1nc(Cc2nnc3n2CC(C(F)(F)F)CC3)nc2c1CCNC2. The molecule has 0 radical (unpaired) electrons. The van der Waals surface area contributed by atoms with Gasteiger partial charge in [0.05, 0.1) is 18.0 Å². The molecule has 2 aliphatic heterocycles. The van der Waals surface area contributed by atoms with E-state index >= 15 is 0 Å². The summed E-state index contributed by atoms with van der Waals surface area (Å²) in [5.41, 5.74) is 7.81. The first-order valence-corrected chi connectivity index (χ1v) is 8.24. The highest BCUT2D eigenvalue weighted by molar-refractivity contribution is 5.43. The summed E-state index contributed by atoms with van der Waals surface area (Å²) in [5.74, 6) is 0.570. The second-order valence-corrected chi connectivity index (χ2v) is 6.47. The maximum absolute atomic E-state index is 13.0. The van der Waals surface area contributed by atoms with Crippen LogP contribution in [0.25, 0.3) is 0 Å². The molecule has 0 saturated heterocycles. The molecule has 4 rings (SSSR count). The van der Waals surface area contributed by atoms with Crippen LogP contribution in [0.5, 0.6) is 0 Å². The number of aryl methyl sites for hydroxylation is 1. The molecule has 2 aromatic rings. The van der Waals surface area contributed by atoms with E-state index in [0.717, 1.165) is 24.2 Å². The maximum Gasteiger partial charge on any atom is 0.393 e. The topological polar surface area (TPSA) is 94.5 Å². The Hall–Kier alpha value is -2.23. The number of anilines is 1. The number of alkyl halides is 3. The second kappa shape index (κ2) is 5.94. The fourth-order valence-electron chi connectivity index (χ4n) is 3.44. The van der Waals surface area contributed by atoms with Gasteiger partial charge in [0.15, 0.2) is 0 Å². The van der Waals surface area contributed by atoms with Crippen LogP contribution in [-0.2, 0) is 32.4 Å². The van der Waals surface area contributed by atoms with Gasteiger partial charge in [-0.1, -0.05) is 0 Å². The first-order valence-electron chi connectivity index (χ1n) is 8.24. The van der Waals surface area contributed by atoms with Crippen molar-refractivity contribution in [2.75, 3.05) is 12.3 Å². The van der Waals surface area contributed by atoms with E-state index in [1.165, 1.54) is 0 Å². The molecule has 0 bridgehead atoms. The Labute approximate surface area is 141 Å². The van der Waals surface area contributed by atoms with Crippen molar-refractivity contribution in [1.82, 2.24) is 30.0 Å². The molecule has 0 fully saturated rings. The molecule has 2 aromatic heterocycles. The van der Waals surface area contributed by atoms with Crippen molar-refractivity contribution in [2.45, 2.75) is 44.9 Å². The van der Waals surface area contributed by atoms with Crippen molar-refractivity contribution in [3.63, 3.8) is 0 Å². The van der Waals surface area contributed by atoms with Crippen LogP contribution >= 0.6 is 0 Å². The van der Waals surface area contributed by atoms with Gasteiger partial charge in [-0.2, -0.15) is 13.2 Å². The fraction of sp³-hybridized carbons (Fsp3) is 0.600. The third-order valence-corrected chi connectivity index (χ3v) is 4.82. The zero-order valence-corrected chi connectivity index (χ0v) is 13.5. The molecular formula is C15H18F3N7. The van der Waals surface area contributed by atoms with Gasteiger partial charge in [0.1, 0.15) is 23.3 Å². The Morgan fingerprint density at radius 3 is 2.84 bits per heavy atom. The lowest BCUT2D eigenvalue weighted by Gasteiger charge is -2.26. The van der Waals surface area contributed by atoms with Crippen molar-refractivity contribution < 1.29 is 13.2 Å². The van der Waals surface area contributed by atoms with Crippen LogP contribution in [0.2, 0.25) is 0 Å². The number of nitrogens with two attached hydrogens (primary N) is 1. The van der Waals surface area contributed by atoms with Crippen molar-refractivity contribution in [3.8, 4) is 0 Å². The number of halogens is 3. The Morgan fingerprint density at radius 2 is 2.04 bits per heavy atom. The van der Waals surface area contributed by atoms with Gasteiger partial charge < -0.3 is 15.6 Å². The van der Waals surface area contributed by atoms with Crippen molar-refractivity contribution in [1.29, 1.82) is 0 Å². The minimum Gasteiger partial charge on any atom is -0.383 e. The number of rotatable bonds is 2. The van der Waals surface area contributed by atoms with Crippen LogP contribution in [0, 0.1) is 5.92 Å². The van der Waals surface area contributed by atoms with Crippen LogP contribution in [0.3, 0.4) is 0 Å². The summed E-state index contributed by atoms with van der Waals surface area (Å²) in [6, 6.07) is 0. The normalized spacial score (nSPS) is 20.2. The monoisotopic (exact) mass is 353 g/mol. The average Bonchev–Trinajstić information content (AvgIpc) is 2.96. The highest BCUT2D eigenvalue weighted by Gasteiger charge is 2.42. The smallest absolute Gasteiger partial charge is 0.383 e. The lowest BCUT2D eigenvalue weighted by molar-refractivity contribution is -0.182. The molecule has 1 unspecified atom stereocenters. The summed E-state index contributed by atoms with van der Waals surface area (Å²) < 4.78 is 40.7. The molecule has 1 atom stereocenters. The van der Waals surface area contributed by atoms with E-state index in [2.05, 4.69) is 25.5 Å². The van der Waals surface area contributed by atoms with Crippen LogP contribution < -0.4 is 11.1 Å². The predicted molar refractivity (Wildman–Crippen MR) is 82.5 cm³/mol. The van der Waals surface area contributed by atoms with E-state index in [1.54, 1.807) is 4.57 Å². The molecule has 0 saturated carbocycles. The summed E-state index contributed by atoms with van der Waals surface area (Å²) in [6.45, 7) is 1.29. The van der Waals surface area contributed by atoms with Crippen LogP contribution in [0.1, 0.15) is 35.2 Å². The standard InChI is InChI=1S/C15H18F3N7/c16-15(17,18)8-1-2-12-23-24-13(25(12)7-8)5-11-21-10-6-20-4-3-9(10)14(19)22-11/h8,20H,1-7H2,(H2,19,21,22). The van der Waals surface area contributed by atoms with Crippen molar-refractivity contribution in [2.24, 2.45) is 5.92 Å². The van der Waals surface area contributed by atoms with Crippen molar-refractivity contribution in [3.05, 3.63) is 28.7 Å². The summed E-state index contributed by atoms with van der Waals surface area (Å²) >= 11 is 0. The number of nitrogen functional groups attached to an aromatic ring is 1. The molecule has 0 amide bonds. The molecule has 134 valence electrons. The molecule has 0 aliphatic carbocycles. The van der Waals surface area contributed by atoms with Gasteiger partial charge in [-0.3, -0.25) is 0 Å². The highest BCUT2D eigenvalue weighted by Crippen LogP contribution is 2.34. The van der Waals surface area contributed by atoms with E-state index in [-0.39, 0.29) is 25.8 Å². The van der Waals surface area contributed by atoms with E-state index in [0.29, 0.717) is 29.8 Å². The number of aromatic nitrogens is 5. The Morgan fingerprint density at radius 1 is 1.20 bits per heavy atom. The zero-order chi connectivity index (χ0) is 17.6. The molecule has 0 aromatic carbocycles. The first-order chi connectivity index (χ1) is 11.9. The molecule has 4 heterocycles. The third kappa shape index (κ3) is 3.06. The van der Waals surface area contributed by atoms with Crippen LogP contribution in [-0.4, -0.2) is 37.5 Å². The van der Waals surface area contributed by atoms with E-state index < -0.39 is 12.1 Å². The number of nitrogens with one attached hydrogen (secondary N) is 1. The second-order valence-electron chi connectivity index (χ2n) is 6.47. The van der Waals surface area contributed by atoms with Gasteiger partial charge in [0, 0.05) is 25.1 Å². The molecule has 25 heavy (non-hydrogen) atoms. The van der Waals surface area contributed by atoms with Gasteiger partial charge in [-0.25, -0.2) is 9.97 Å². The van der Waals surface area contributed by atoms with Gasteiger partial charge >= 0.3 is 6.18 Å². The molecule has 0 spiro atoms. The van der Waals surface area contributed by atoms with Gasteiger partial charge in [0.2, 0.25) is 0 Å². The van der Waals surface area contributed by atoms with Gasteiger partial charge in [0.25, 0.3) is 0 Å². The quantitative estimate of drug-likeness (QED) is 0.837. The summed E-state index contributed by atoms with van der Waals surface area (Å²) in [6.07, 6.45) is -2.90. The number of hydrogen-bond donors (Lipinski definition) is 2. The van der Waals surface area contributed by atoms with E-state index in [1.807, 2.05) is 0 Å². The summed E-state index contributed by atoms with van der Waals surface area (Å²) in [7, 11) is 0. The van der Waals surface area contributed by atoms with Crippen LogP contribution in [0.4, 0.5) is 19.0 Å². The van der Waals surface area contributed by atoms with Crippen molar-refractivity contribution >= 4 is 5.82 Å². The minimum atomic E-state index is -4.21. The Bertz CT molecular complexity index is 799. The largest absolute Gasteiger partial charge is 0.393 e. The van der Waals surface area contributed by atoms with Gasteiger partial charge in [-0.05, 0) is 19.4 Å². The third-order valence-electron chi connectivity index (χ3n) is 4.82. The molecular weight excluding hydrogens is 335 g/mol. The Kier molecular flexibility index (Phi) is 3.86. The minimum absolute atomic E-state index is 0.0512. The number of hydrogen-bond acceptors (Lipinski definition) is 6. The van der Waals surface area contributed by atoms with E-state index in [9.17, 15) is 13.2 Å². The molecule has 3 N–H and O–H groups in total.